The first-order chi connectivity index (χ1) is 14.1. The highest BCUT2D eigenvalue weighted by atomic mass is 16.5. The highest BCUT2D eigenvalue weighted by Crippen LogP contribution is 2.26. The summed E-state index contributed by atoms with van der Waals surface area (Å²) >= 11 is 0. The minimum atomic E-state index is -0.782. The smallest absolute Gasteiger partial charge is 0.328 e. The van der Waals surface area contributed by atoms with Crippen molar-refractivity contribution in [2.24, 2.45) is 0 Å². The zero-order valence-electron chi connectivity index (χ0n) is 16.4. The molecule has 3 aromatic rings. The van der Waals surface area contributed by atoms with Crippen molar-refractivity contribution in [3.63, 3.8) is 0 Å². The van der Waals surface area contributed by atoms with Crippen LogP contribution in [0, 0.1) is 0 Å². The average Bonchev–Trinajstić information content (AvgIpc) is 3.38. The average molecular weight is 392 g/mol. The van der Waals surface area contributed by atoms with Crippen molar-refractivity contribution in [3.8, 4) is 5.75 Å². The summed E-state index contributed by atoms with van der Waals surface area (Å²) in [5.74, 6) is -0.172. The van der Waals surface area contributed by atoms with E-state index < -0.39 is 12.0 Å². The van der Waals surface area contributed by atoms with E-state index in [0.717, 1.165) is 35.7 Å². The Bertz CT molecular complexity index is 1040. The van der Waals surface area contributed by atoms with Crippen molar-refractivity contribution in [1.82, 2.24) is 10.3 Å². The molecule has 0 fully saturated rings. The van der Waals surface area contributed by atoms with Gasteiger partial charge in [0.15, 0.2) is 6.61 Å². The Morgan fingerprint density at radius 3 is 2.83 bits per heavy atom. The van der Waals surface area contributed by atoms with E-state index >= 15 is 0 Å². The van der Waals surface area contributed by atoms with E-state index in [1.165, 1.54) is 18.2 Å². The normalized spacial score (nSPS) is 13.7. The number of aromatic nitrogens is 1. The molecule has 0 spiro atoms. The number of methoxy groups -OCH3 is 1. The van der Waals surface area contributed by atoms with E-state index in [9.17, 15) is 9.59 Å². The fourth-order valence-electron chi connectivity index (χ4n) is 3.88. The lowest BCUT2D eigenvalue weighted by Crippen LogP contribution is -2.44. The molecule has 1 amide bonds. The molecule has 1 atom stereocenters. The highest BCUT2D eigenvalue weighted by Gasteiger charge is 2.23. The lowest BCUT2D eigenvalue weighted by atomic mass is 10.0. The zero-order valence-corrected chi connectivity index (χ0v) is 16.4. The molecule has 1 unspecified atom stereocenters. The standard InChI is InChI=1S/C23H24N2O4/c1-28-23(27)21(12-17-13-24-20-8-3-2-7-19(17)20)25-22(26)14-29-18-10-9-15-5-4-6-16(15)11-18/h2-3,7-11,13,21,24H,4-6,12,14H2,1H3,(H,25,26). The van der Waals surface area contributed by atoms with Gasteiger partial charge in [-0.2, -0.15) is 0 Å². The van der Waals surface area contributed by atoms with Crippen LogP contribution >= 0.6 is 0 Å². The van der Waals surface area contributed by atoms with Gasteiger partial charge >= 0.3 is 5.97 Å². The van der Waals surface area contributed by atoms with E-state index in [0.29, 0.717) is 12.2 Å². The monoisotopic (exact) mass is 392 g/mol. The van der Waals surface area contributed by atoms with E-state index in [2.05, 4.69) is 16.4 Å². The number of aromatic amines is 1. The van der Waals surface area contributed by atoms with Gasteiger partial charge in [0.05, 0.1) is 7.11 Å². The van der Waals surface area contributed by atoms with E-state index in [1.54, 1.807) is 0 Å². The molecular weight excluding hydrogens is 368 g/mol. The molecule has 29 heavy (non-hydrogen) atoms. The molecule has 1 aliphatic carbocycles. The number of amides is 1. The topological polar surface area (TPSA) is 80.4 Å². The number of ether oxygens (including phenoxy) is 2. The number of carbonyl (C=O) groups excluding carboxylic acids is 2. The van der Waals surface area contributed by atoms with Crippen LogP contribution in [0.3, 0.4) is 0 Å². The third-order valence-electron chi connectivity index (χ3n) is 5.36. The molecule has 1 heterocycles. The number of benzene rings is 2. The van der Waals surface area contributed by atoms with Gasteiger partial charge in [0.2, 0.25) is 0 Å². The minimum Gasteiger partial charge on any atom is -0.484 e. The Morgan fingerprint density at radius 2 is 1.97 bits per heavy atom. The van der Waals surface area contributed by atoms with Crippen molar-refractivity contribution in [2.75, 3.05) is 13.7 Å². The molecule has 0 aliphatic heterocycles. The molecule has 4 rings (SSSR count). The fraction of sp³-hybridized carbons (Fsp3) is 0.304. The Balaban J connectivity index is 1.40. The van der Waals surface area contributed by atoms with Crippen LogP contribution in [0.4, 0.5) is 0 Å². The third kappa shape index (κ3) is 4.26. The van der Waals surface area contributed by atoms with Crippen LogP contribution < -0.4 is 10.1 Å². The number of hydrogen-bond acceptors (Lipinski definition) is 4. The lowest BCUT2D eigenvalue weighted by Gasteiger charge is -2.16. The number of esters is 1. The summed E-state index contributed by atoms with van der Waals surface area (Å²) in [5, 5.41) is 3.76. The number of rotatable bonds is 7. The minimum absolute atomic E-state index is 0.153. The molecular formula is C23H24N2O4. The van der Waals surface area contributed by atoms with Crippen LogP contribution in [0.25, 0.3) is 10.9 Å². The van der Waals surface area contributed by atoms with Gasteiger partial charge < -0.3 is 19.8 Å². The molecule has 6 nitrogen and oxygen atoms in total. The molecule has 1 aliphatic rings. The number of hydrogen-bond donors (Lipinski definition) is 2. The number of para-hydroxylation sites is 1. The predicted molar refractivity (Wildman–Crippen MR) is 110 cm³/mol. The van der Waals surface area contributed by atoms with Gasteiger partial charge in [-0.1, -0.05) is 24.3 Å². The molecule has 1 aromatic heterocycles. The summed E-state index contributed by atoms with van der Waals surface area (Å²) in [6.07, 6.45) is 5.50. The van der Waals surface area contributed by atoms with Gasteiger partial charge in [0.1, 0.15) is 11.8 Å². The zero-order chi connectivity index (χ0) is 20.2. The maximum absolute atomic E-state index is 12.4. The molecule has 2 N–H and O–H groups in total. The molecule has 6 heteroatoms. The number of nitrogens with one attached hydrogen (secondary N) is 2. The summed E-state index contributed by atoms with van der Waals surface area (Å²) in [4.78, 5) is 27.8. The Morgan fingerprint density at radius 1 is 1.14 bits per heavy atom. The lowest BCUT2D eigenvalue weighted by molar-refractivity contribution is -0.145. The van der Waals surface area contributed by atoms with Gasteiger partial charge in [-0.05, 0) is 54.2 Å². The Kier molecular flexibility index (Phi) is 5.51. The maximum atomic E-state index is 12.4. The first kappa shape index (κ1) is 19.1. The first-order valence-electron chi connectivity index (χ1n) is 9.81. The molecule has 0 radical (unpaired) electrons. The van der Waals surface area contributed by atoms with Crippen LogP contribution in [0.2, 0.25) is 0 Å². The van der Waals surface area contributed by atoms with Crippen molar-refractivity contribution in [3.05, 3.63) is 65.4 Å². The second-order valence-corrected chi connectivity index (χ2v) is 7.28. The van der Waals surface area contributed by atoms with Gasteiger partial charge in [0, 0.05) is 23.5 Å². The van der Waals surface area contributed by atoms with E-state index in [-0.39, 0.29) is 12.5 Å². The van der Waals surface area contributed by atoms with Crippen LogP contribution in [-0.2, 0) is 33.6 Å². The number of aryl methyl sites for hydroxylation is 2. The molecule has 0 bridgehead atoms. The van der Waals surface area contributed by atoms with Crippen molar-refractivity contribution < 1.29 is 19.1 Å². The summed E-state index contributed by atoms with van der Waals surface area (Å²) in [6, 6.07) is 13.0. The van der Waals surface area contributed by atoms with Crippen LogP contribution in [-0.4, -0.2) is 36.6 Å². The number of carbonyl (C=O) groups is 2. The van der Waals surface area contributed by atoms with Crippen molar-refractivity contribution in [1.29, 1.82) is 0 Å². The summed E-state index contributed by atoms with van der Waals surface area (Å²) in [7, 11) is 1.32. The summed E-state index contributed by atoms with van der Waals surface area (Å²) in [5.41, 5.74) is 4.56. The van der Waals surface area contributed by atoms with Crippen LogP contribution in [0.1, 0.15) is 23.1 Å². The quantitative estimate of drug-likeness (QED) is 0.606. The third-order valence-corrected chi connectivity index (χ3v) is 5.36. The van der Waals surface area contributed by atoms with Gasteiger partial charge in [-0.15, -0.1) is 0 Å². The number of fused-ring (bicyclic) bond motifs is 2. The predicted octanol–water partition coefficient (Wildman–Crippen LogP) is 2.94. The summed E-state index contributed by atoms with van der Waals surface area (Å²) in [6.45, 7) is -0.153. The van der Waals surface area contributed by atoms with E-state index in [1.807, 2.05) is 42.6 Å². The fourth-order valence-corrected chi connectivity index (χ4v) is 3.88. The largest absolute Gasteiger partial charge is 0.484 e. The summed E-state index contributed by atoms with van der Waals surface area (Å²) < 4.78 is 10.5. The Labute approximate surface area is 169 Å². The van der Waals surface area contributed by atoms with Gasteiger partial charge in [-0.3, -0.25) is 4.79 Å². The second-order valence-electron chi connectivity index (χ2n) is 7.28. The van der Waals surface area contributed by atoms with Crippen LogP contribution in [0.5, 0.6) is 5.75 Å². The Hall–Kier alpha value is -3.28. The number of H-pyrrole nitrogens is 1. The molecule has 0 saturated heterocycles. The molecule has 2 aromatic carbocycles. The van der Waals surface area contributed by atoms with Gasteiger partial charge in [-0.25, -0.2) is 4.79 Å². The first-order valence-corrected chi connectivity index (χ1v) is 9.81. The highest BCUT2D eigenvalue weighted by molar-refractivity contribution is 5.87. The van der Waals surface area contributed by atoms with E-state index in [4.69, 9.17) is 9.47 Å². The SMILES string of the molecule is COC(=O)C(Cc1c[nH]c2ccccc12)NC(=O)COc1ccc2c(c1)CCC2. The van der Waals surface area contributed by atoms with Crippen LogP contribution in [0.15, 0.2) is 48.7 Å². The second kappa shape index (κ2) is 8.39. The molecule has 150 valence electrons. The molecule has 0 saturated carbocycles. The van der Waals surface area contributed by atoms with Crippen molar-refractivity contribution in [2.45, 2.75) is 31.7 Å². The van der Waals surface area contributed by atoms with Crippen molar-refractivity contribution >= 4 is 22.8 Å². The van der Waals surface area contributed by atoms with Gasteiger partial charge in [0.25, 0.3) is 5.91 Å². The maximum Gasteiger partial charge on any atom is 0.328 e.